The summed E-state index contributed by atoms with van der Waals surface area (Å²) < 4.78 is 11.0. The van der Waals surface area contributed by atoms with Crippen molar-refractivity contribution >= 4 is 28.8 Å². The zero-order chi connectivity index (χ0) is 21.3. The Morgan fingerprint density at radius 2 is 2.03 bits per heavy atom. The number of carbonyl (C=O) groups excluding carboxylic acids is 2. The van der Waals surface area contributed by atoms with Crippen molar-refractivity contribution in [2.75, 3.05) is 37.8 Å². The molecule has 2 aliphatic rings. The van der Waals surface area contributed by atoms with E-state index in [4.69, 9.17) is 9.47 Å². The maximum atomic E-state index is 12.7. The molecule has 7 nitrogen and oxygen atoms in total. The Hall–Kier alpha value is -2.45. The van der Waals surface area contributed by atoms with Crippen LogP contribution in [0.2, 0.25) is 0 Å². The molecule has 0 radical (unpaired) electrons. The van der Waals surface area contributed by atoms with E-state index < -0.39 is 0 Å². The van der Waals surface area contributed by atoms with Crippen molar-refractivity contribution in [1.29, 1.82) is 0 Å². The standard InChI is InChI=1S/C22H27N3O4S/c1-4-22(2,3)15-5-6-18-17(11-15)25(20(26)13-29-18)12-19-23-16(14-30-19)21(27)24-7-9-28-10-8-24/h5-6,11,14H,4,7-10,12-13H2,1-3H3. The molecule has 3 heterocycles. The molecule has 0 bridgehead atoms. The number of hydrogen-bond donors (Lipinski definition) is 0. The van der Waals surface area contributed by atoms with Crippen LogP contribution in [0.5, 0.6) is 5.75 Å². The first-order chi connectivity index (χ1) is 14.4. The molecule has 0 aliphatic carbocycles. The van der Waals surface area contributed by atoms with Crippen LogP contribution in [-0.2, 0) is 21.5 Å². The summed E-state index contributed by atoms with van der Waals surface area (Å²) in [7, 11) is 0. The topological polar surface area (TPSA) is 72.0 Å². The van der Waals surface area contributed by atoms with Gasteiger partial charge in [-0.2, -0.15) is 0 Å². The molecular weight excluding hydrogens is 402 g/mol. The summed E-state index contributed by atoms with van der Waals surface area (Å²) in [6, 6.07) is 6.05. The molecule has 1 aromatic carbocycles. The van der Waals surface area contributed by atoms with Crippen molar-refractivity contribution in [2.24, 2.45) is 0 Å². The summed E-state index contributed by atoms with van der Waals surface area (Å²) in [6.07, 6.45) is 0.986. The minimum atomic E-state index is -0.106. The number of rotatable bonds is 5. The van der Waals surface area contributed by atoms with Crippen molar-refractivity contribution in [2.45, 2.75) is 39.2 Å². The van der Waals surface area contributed by atoms with E-state index in [1.54, 1.807) is 15.2 Å². The Labute approximate surface area is 180 Å². The number of amides is 2. The molecule has 1 saturated heterocycles. The lowest BCUT2D eigenvalue weighted by Gasteiger charge is -2.31. The zero-order valence-electron chi connectivity index (χ0n) is 17.6. The second kappa shape index (κ2) is 8.35. The van der Waals surface area contributed by atoms with Gasteiger partial charge in [-0.1, -0.05) is 26.8 Å². The highest BCUT2D eigenvalue weighted by Gasteiger charge is 2.29. The number of carbonyl (C=O) groups is 2. The van der Waals surface area contributed by atoms with Crippen LogP contribution in [0.25, 0.3) is 0 Å². The van der Waals surface area contributed by atoms with Gasteiger partial charge < -0.3 is 14.4 Å². The Morgan fingerprint density at radius 3 is 2.77 bits per heavy atom. The number of anilines is 1. The van der Waals surface area contributed by atoms with E-state index in [0.29, 0.717) is 44.3 Å². The number of hydrogen-bond acceptors (Lipinski definition) is 6. The van der Waals surface area contributed by atoms with Crippen LogP contribution in [0.3, 0.4) is 0 Å². The number of fused-ring (bicyclic) bond motifs is 1. The molecule has 4 rings (SSSR count). The quantitative estimate of drug-likeness (QED) is 0.730. The monoisotopic (exact) mass is 429 g/mol. The largest absolute Gasteiger partial charge is 0.482 e. The van der Waals surface area contributed by atoms with Crippen molar-refractivity contribution in [3.05, 3.63) is 39.8 Å². The molecule has 8 heteroatoms. The van der Waals surface area contributed by atoms with Crippen molar-refractivity contribution < 1.29 is 19.1 Å². The van der Waals surface area contributed by atoms with E-state index in [9.17, 15) is 9.59 Å². The van der Waals surface area contributed by atoms with E-state index in [2.05, 4.69) is 31.8 Å². The maximum absolute atomic E-state index is 12.7. The zero-order valence-corrected chi connectivity index (χ0v) is 18.5. The number of morpholine rings is 1. The number of aromatic nitrogens is 1. The molecule has 30 heavy (non-hydrogen) atoms. The summed E-state index contributed by atoms with van der Waals surface area (Å²) in [6.45, 7) is 9.14. The van der Waals surface area contributed by atoms with Crippen LogP contribution >= 0.6 is 11.3 Å². The van der Waals surface area contributed by atoms with Crippen LogP contribution in [0.15, 0.2) is 23.6 Å². The predicted molar refractivity (Wildman–Crippen MR) is 115 cm³/mol. The van der Waals surface area contributed by atoms with E-state index in [-0.39, 0.29) is 23.8 Å². The summed E-state index contributed by atoms with van der Waals surface area (Å²) in [5.74, 6) is 0.512. The average Bonchev–Trinajstić information content (AvgIpc) is 3.24. The normalized spacial score (nSPS) is 17.0. The third-order valence-corrected chi connectivity index (χ3v) is 6.76. The van der Waals surface area contributed by atoms with Crippen LogP contribution in [0.1, 0.15) is 48.3 Å². The second-order valence-electron chi connectivity index (χ2n) is 8.22. The second-order valence-corrected chi connectivity index (χ2v) is 9.16. The molecular formula is C22H27N3O4S. The van der Waals surface area contributed by atoms with Crippen molar-refractivity contribution in [1.82, 2.24) is 9.88 Å². The van der Waals surface area contributed by atoms with Gasteiger partial charge in [0, 0.05) is 18.5 Å². The van der Waals surface area contributed by atoms with E-state index in [0.717, 1.165) is 22.7 Å². The summed E-state index contributed by atoms with van der Waals surface area (Å²) >= 11 is 1.40. The lowest BCUT2D eigenvalue weighted by molar-refractivity contribution is -0.121. The molecule has 0 saturated carbocycles. The van der Waals surface area contributed by atoms with Gasteiger partial charge in [-0.25, -0.2) is 4.98 Å². The third kappa shape index (κ3) is 4.06. The lowest BCUT2D eigenvalue weighted by Crippen LogP contribution is -2.41. The van der Waals surface area contributed by atoms with E-state index in [1.807, 2.05) is 12.1 Å². The molecule has 2 amide bonds. The van der Waals surface area contributed by atoms with Crippen LogP contribution in [-0.4, -0.2) is 54.6 Å². The van der Waals surface area contributed by atoms with E-state index in [1.165, 1.54) is 11.3 Å². The summed E-state index contributed by atoms with van der Waals surface area (Å²) in [5, 5.41) is 2.50. The highest BCUT2D eigenvalue weighted by molar-refractivity contribution is 7.09. The Morgan fingerprint density at radius 1 is 1.27 bits per heavy atom. The maximum Gasteiger partial charge on any atom is 0.273 e. The lowest BCUT2D eigenvalue weighted by atomic mass is 9.82. The molecule has 0 unspecified atom stereocenters. The number of nitrogens with zero attached hydrogens (tertiary/aromatic N) is 3. The highest BCUT2D eigenvalue weighted by atomic mass is 32.1. The Bertz CT molecular complexity index is 950. The molecule has 0 N–H and O–H groups in total. The first-order valence-electron chi connectivity index (χ1n) is 10.3. The smallest absolute Gasteiger partial charge is 0.273 e. The van der Waals surface area contributed by atoms with E-state index >= 15 is 0 Å². The molecule has 2 aliphatic heterocycles. The van der Waals surface area contributed by atoms with Gasteiger partial charge in [0.05, 0.1) is 25.4 Å². The van der Waals surface area contributed by atoms with Gasteiger partial charge in [0.1, 0.15) is 16.5 Å². The molecule has 160 valence electrons. The van der Waals surface area contributed by atoms with Gasteiger partial charge in [-0.05, 0) is 29.5 Å². The van der Waals surface area contributed by atoms with Gasteiger partial charge in [0.25, 0.3) is 11.8 Å². The van der Waals surface area contributed by atoms with Gasteiger partial charge in [-0.3, -0.25) is 14.5 Å². The van der Waals surface area contributed by atoms with Crippen LogP contribution in [0.4, 0.5) is 5.69 Å². The van der Waals surface area contributed by atoms with Crippen LogP contribution < -0.4 is 9.64 Å². The van der Waals surface area contributed by atoms with Gasteiger partial charge in [0.2, 0.25) is 0 Å². The number of thiazole rings is 1. The minimum absolute atomic E-state index is 0.000121. The highest BCUT2D eigenvalue weighted by Crippen LogP contribution is 2.38. The minimum Gasteiger partial charge on any atom is -0.482 e. The fourth-order valence-electron chi connectivity index (χ4n) is 3.55. The molecule has 1 aromatic heterocycles. The fraction of sp³-hybridized carbons (Fsp3) is 0.500. The Kier molecular flexibility index (Phi) is 5.79. The SMILES string of the molecule is CCC(C)(C)c1ccc2c(c1)N(Cc1nc(C(=O)N3CCOCC3)cs1)C(=O)CO2. The fourth-order valence-corrected chi connectivity index (χ4v) is 4.30. The predicted octanol–water partition coefficient (Wildman–Crippen LogP) is 3.23. The molecule has 0 spiro atoms. The van der Waals surface area contributed by atoms with Crippen molar-refractivity contribution in [3.63, 3.8) is 0 Å². The van der Waals surface area contributed by atoms with Gasteiger partial charge >= 0.3 is 0 Å². The van der Waals surface area contributed by atoms with Gasteiger partial charge in [0.15, 0.2) is 6.61 Å². The van der Waals surface area contributed by atoms with Crippen molar-refractivity contribution in [3.8, 4) is 5.75 Å². The first-order valence-corrected chi connectivity index (χ1v) is 11.2. The molecule has 0 atom stereocenters. The summed E-state index contributed by atoms with van der Waals surface area (Å²) in [4.78, 5) is 33.3. The number of ether oxygens (including phenoxy) is 2. The number of benzene rings is 1. The first kappa shape index (κ1) is 20.8. The van der Waals surface area contributed by atoms with Crippen LogP contribution in [0, 0.1) is 0 Å². The Balaban J connectivity index is 1.57. The molecule has 2 aromatic rings. The molecule has 1 fully saturated rings. The average molecular weight is 430 g/mol. The van der Waals surface area contributed by atoms with Gasteiger partial charge in [-0.15, -0.1) is 11.3 Å². The third-order valence-electron chi connectivity index (χ3n) is 5.93. The summed E-state index contributed by atoms with van der Waals surface area (Å²) in [5.41, 5.74) is 2.36.